The highest BCUT2D eigenvalue weighted by molar-refractivity contribution is 5.97. The molecule has 1 aliphatic carbocycles. The maximum absolute atomic E-state index is 13.3. The predicted octanol–water partition coefficient (Wildman–Crippen LogP) is 1.43. The maximum Gasteiger partial charge on any atom is 0.259 e. The van der Waals surface area contributed by atoms with Crippen molar-refractivity contribution >= 4 is 11.8 Å². The molecule has 0 saturated carbocycles. The van der Waals surface area contributed by atoms with Gasteiger partial charge in [0.2, 0.25) is 11.8 Å². The zero-order valence-corrected chi connectivity index (χ0v) is 15.9. The minimum atomic E-state index is -0.239. The predicted molar refractivity (Wildman–Crippen MR) is 98.9 cm³/mol. The van der Waals surface area contributed by atoms with Crippen LogP contribution in [0.25, 0.3) is 0 Å². The molecule has 2 saturated heterocycles. The van der Waals surface area contributed by atoms with Crippen LogP contribution in [0.1, 0.15) is 47.3 Å². The van der Waals surface area contributed by atoms with Gasteiger partial charge in [0.1, 0.15) is 5.56 Å². The first kappa shape index (κ1) is 18.2. The number of pyridine rings is 1. The fourth-order valence-corrected chi connectivity index (χ4v) is 4.31. The fraction of sp³-hybridized carbons (Fsp3) is 0.650. The van der Waals surface area contributed by atoms with Crippen molar-refractivity contribution in [3.8, 4) is 5.88 Å². The second-order valence-electron chi connectivity index (χ2n) is 7.52. The van der Waals surface area contributed by atoms with Crippen LogP contribution in [-0.2, 0) is 22.4 Å². The number of hydrogen-bond donors (Lipinski definition) is 0. The van der Waals surface area contributed by atoms with Crippen LogP contribution in [0, 0.1) is 0 Å². The Morgan fingerprint density at radius 2 is 2.04 bits per heavy atom. The number of amides is 2. The van der Waals surface area contributed by atoms with Crippen molar-refractivity contribution in [2.75, 3.05) is 40.0 Å². The molecule has 7 heteroatoms. The molecule has 0 N–H and O–H groups in total. The Morgan fingerprint density at radius 3 is 2.81 bits per heavy atom. The highest BCUT2D eigenvalue weighted by atomic mass is 16.5. The molecular formula is C20H27N3O4. The molecule has 0 spiro atoms. The number of ether oxygens (including phenoxy) is 2. The lowest BCUT2D eigenvalue weighted by Crippen LogP contribution is -2.50. The van der Waals surface area contributed by atoms with Gasteiger partial charge in [-0.25, -0.2) is 4.98 Å². The van der Waals surface area contributed by atoms with Gasteiger partial charge in [0, 0.05) is 31.7 Å². The van der Waals surface area contributed by atoms with Crippen LogP contribution in [0.3, 0.4) is 0 Å². The lowest BCUT2D eigenvalue weighted by Gasteiger charge is -2.36. The summed E-state index contributed by atoms with van der Waals surface area (Å²) in [5.41, 5.74) is 2.67. The molecule has 146 valence electrons. The van der Waals surface area contributed by atoms with Crippen molar-refractivity contribution in [3.63, 3.8) is 0 Å². The molecular weight excluding hydrogens is 346 g/mol. The Morgan fingerprint density at radius 1 is 1.22 bits per heavy atom. The lowest BCUT2D eigenvalue weighted by atomic mass is 10.1. The third-order valence-electron chi connectivity index (χ3n) is 5.80. The highest BCUT2D eigenvalue weighted by Gasteiger charge is 2.33. The summed E-state index contributed by atoms with van der Waals surface area (Å²) in [6.45, 7) is 3.01. The van der Waals surface area contributed by atoms with Crippen molar-refractivity contribution < 1.29 is 19.1 Å². The van der Waals surface area contributed by atoms with E-state index in [0.717, 1.165) is 56.5 Å². The molecule has 27 heavy (non-hydrogen) atoms. The molecule has 0 bridgehead atoms. The van der Waals surface area contributed by atoms with Crippen LogP contribution in [0.2, 0.25) is 0 Å². The number of hydrogen-bond acceptors (Lipinski definition) is 5. The van der Waals surface area contributed by atoms with Gasteiger partial charge in [-0.2, -0.15) is 0 Å². The quantitative estimate of drug-likeness (QED) is 0.798. The number of carbonyl (C=O) groups is 2. The third-order valence-corrected chi connectivity index (χ3v) is 5.80. The first-order chi connectivity index (χ1) is 13.2. The van der Waals surface area contributed by atoms with Gasteiger partial charge in [0.15, 0.2) is 0 Å². The van der Waals surface area contributed by atoms with E-state index in [2.05, 4.69) is 4.98 Å². The molecule has 1 unspecified atom stereocenters. The highest BCUT2D eigenvalue weighted by Crippen LogP contribution is 2.28. The van der Waals surface area contributed by atoms with E-state index in [4.69, 9.17) is 9.47 Å². The van der Waals surface area contributed by atoms with Crippen molar-refractivity contribution in [2.45, 2.75) is 44.6 Å². The Balaban J connectivity index is 1.54. The van der Waals surface area contributed by atoms with Crippen LogP contribution in [-0.4, -0.2) is 72.6 Å². The van der Waals surface area contributed by atoms with Gasteiger partial charge in [0.25, 0.3) is 5.91 Å². The molecule has 2 aliphatic heterocycles. The zero-order chi connectivity index (χ0) is 18.8. The second-order valence-corrected chi connectivity index (χ2v) is 7.52. The standard InChI is InChI=1S/C20H27N3O4/c1-26-19-16(11-14-5-4-6-17(14)21-19)20(25)23-9-10-27-13-15(23)12-18(24)22-7-2-3-8-22/h11,15H,2-10,12-13H2,1H3. The molecule has 2 fully saturated rings. The Bertz CT molecular complexity index is 730. The van der Waals surface area contributed by atoms with E-state index in [9.17, 15) is 9.59 Å². The van der Waals surface area contributed by atoms with Gasteiger partial charge >= 0.3 is 0 Å². The van der Waals surface area contributed by atoms with Crippen molar-refractivity contribution in [3.05, 3.63) is 22.9 Å². The van der Waals surface area contributed by atoms with Gasteiger partial charge in [-0.3, -0.25) is 9.59 Å². The molecule has 1 aromatic rings. The molecule has 2 amide bonds. The number of nitrogens with zero attached hydrogens (tertiary/aromatic N) is 3. The molecule has 1 aromatic heterocycles. The first-order valence-corrected chi connectivity index (χ1v) is 9.90. The van der Waals surface area contributed by atoms with Crippen molar-refractivity contribution in [1.29, 1.82) is 0 Å². The van der Waals surface area contributed by atoms with E-state index in [0.29, 0.717) is 37.6 Å². The Labute approximate surface area is 159 Å². The van der Waals surface area contributed by atoms with Gasteiger partial charge in [-0.05, 0) is 43.7 Å². The molecule has 1 atom stereocenters. The third kappa shape index (κ3) is 3.65. The van der Waals surface area contributed by atoms with Crippen molar-refractivity contribution in [1.82, 2.24) is 14.8 Å². The van der Waals surface area contributed by atoms with Crippen LogP contribution in [0.4, 0.5) is 0 Å². The Hall–Kier alpha value is -2.15. The van der Waals surface area contributed by atoms with Crippen LogP contribution < -0.4 is 4.74 Å². The van der Waals surface area contributed by atoms with E-state index in [1.54, 1.807) is 12.0 Å². The summed E-state index contributed by atoms with van der Waals surface area (Å²) in [4.78, 5) is 34.1. The topological polar surface area (TPSA) is 72.0 Å². The molecule has 3 aliphatic rings. The first-order valence-electron chi connectivity index (χ1n) is 9.90. The van der Waals surface area contributed by atoms with E-state index in [1.807, 2.05) is 11.0 Å². The number of methoxy groups -OCH3 is 1. The number of rotatable bonds is 4. The van der Waals surface area contributed by atoms with E-state index >= 15 is 0 Å². The van der Waals surface area contributed by atoms with Gasteiger partial charge in [-0.15, -0.1) is 0 Å². The fourth-order valence-electron chi connectivity index (χ4n) is 4.31. The van der Waals surface area contributed by atoms with E-state index in [-0.39, 0.29) is 17.9 Å². The van der Waals surface area contributed by atoms with Gasteiger partial charge in [-0.1, -0.05) is 0 Å². The van der Waals surface area contributed by atoms with E-state index in [1.165, 1.54) is 0 Å². The summed E-state index contributed by atoms with van der Waals surface area (Å²) in [6.07, 6.45) is 5.39. The van der Waals surface area contributed by atoms with Crippen LogP contribution >= 0.6 is 0 Å². The largest absolute Gasteiger partial charge is 0.480 e. The summed E-state index contributed by atoms with van der Waals surface area (Å²) >= 11 is 0. The molecule has 3 heterocycles. The lowest BCUT2D eigenvalue weighted by molar-refractivity contribution is -0.132. The minimum absolute atomic E-state index is 0.111. The summed E-state index contributed by atoms with van der Waals surface area (Å²) in [6, 6.07) is 1.70. The summed E-state index contributed by atoms with van der Waals surface area (Å²) in [5.74, 6) is 0.383. The van der Waals surface area contributed by atoms with Crippen molar-refractivity contribution in [2.24, 2.45) is 0 Å². The normalized spacial score (nSPS) is 22.0. The SMILES string of the molecule is COc1nc2c(cc1C(=O)N1CCOCC1CC(=O)N1CCCC1)CCC2. The summed E-state index contributed by atoms with van der Waals surface area (Å²) < 4.78 is 11.0. The minimum Gasteiger partial charge on any atom is -0.480 e. The Kier molecular flexibility index (Phi) is 5.29. The summed E-state index contributed by atoms with van der Waals surface area (Å²) in [5, 5.41) is 0. The number of morpholine rings is 1. The average molecular weight is 373 g/mol. The van der Waals surface area contributed by atoms with Gasteiger partial charge < -0.3 is 19.3 Å². The van der Waals surface area contributed by atoms with Crippen LogP contribution in [0.5, 0.6) is 5.88 Å². The second kappa shape index (κ2) is 7.84. The number of aryl methyl sites for hydroxylation is 2. The monoisotopic (exact) mass is 373 g/mol. The summed E-state index contributed by atoms with van der Waals surface area (Å²) in [7, 11) is 1.55. The number of likely N-dealkylation sites (tertiary alicyclic amines) is 1. The molecule has 0 radical (unpaired) electrons. The number of fused-ring (bicyclic) bond motifs is 1. The maximum atomic E-state index is 13.3. The van der Waals surface area contributed by atoms with E-state index < -0.39 is 0 Å². The zero-order valence-electron chi connectivity index (χ0n) is 15.9. The average Bonchev–Trinajstić information content (AvgIpc) is 3.38. The number of aromatic nitrogens is 1. The number of carbonyl (C=O) groups excluding carboxylic acids is 2. The smallest absolute Gasteiger partial charge is 0.259 e. The van der Waals surface area contributed by atoms with Crippen LogP contribution in [0.15, 0.2) is 6.07 Å². The molecule has 4 rings (SSSR count). The molecule has 0 aromatic carbocycles. The molecule has 7 nitrogen and oxygen atoms in total. The van der Waals surface area contributed by atoms with Gasteiger partial charge in [0.05, 0.1) is 26.4 Å².